The van der Waals surface area contributed by atoms with E-state index in [0.29, 0.717) is 34.2 Å². The van der Waals surface area contributed by atoms with E-state index in [1.54, 1.807) is 14.0 Å². The summed E-state index contributed by atoms with van der Waals surface area (Å²) in [5.41, 5.74) is 7.82. The largest absolute Gasteiger partial charge is 0.350 e. The Labute approximate surface area is 156 Å². The van der Waals surface area contributed by atoms with Crippen LogP contribution < -0.4 is 16.6 Å². The molecule has 2 rings (SSSR count). The molecule has 0 fully saturated rings. The highest BCUT2D eigenvalue weighted by Crippen LogP contribution is 2.28. The first-order valence-electron chi connectivity index (χ1n) is 6.87. The van der Waals surface area contributed by atoms with E-state index in [-0.39, 0.29) is 36.3 Å². The molecule has 0 aromatic carbocycles. The second kappa shape index (κ2) is 9.12. The van der Waals surface area contributed by atoms with E-state index in [1.807, 2.05) is 13.8 Å². The van der Waals surface area contributed by atoms with E-state index in [2.05, 4.69) is 15.4 Å². The summed E-state index contributed by atoms with van der Waals surface area (Å²) in [7, 11) is 1.60. The van der Waals surface area contributed by atoms with Gasteiger partial charge in [-0.05, 0) is 26.3 Å². The van der Waals surface area contributed by atoms with Crippen LogP contribution in [0.15, 0.2) is 4.79 Å². The van der Waals surface area contributed by atoms with E-state index in [0.717, 1.165) is 11.3 Å². The van der Waals surface area contributed by atoms with Crippen molar-refractivity contribution in [2.45, 2.75) is 20.8 Å². The Morgan fingerprint density at radius 2 is 1.88 bits per heavy atom. The van der Waals surface area contributed by atoms with Gasteiger partial charge in [0.05, 0.1) is 17.0 Å². The van der Waals surface area contributed by atoms with Crippen molar-refractivity contribution in [3.05, 3.63) is 32.2 Å². The number of hydrogen-bond acceptors (Lipinski definition) is 6. The molecule has 2 aromatic heterocycles. The van der Waals surface area contributed by atoms with Gasteiger partial charge < -0.3 is 11.1 Å². The average Bonchev–Trinajstić information content (AvgIpc) is 2.84. The number of halogens is 2. The molecule has 0 radical (unpaired) electrons. The summed E-state index contributed by atoms with van der Waals surface area (Å²) in [4.78, 5) is 29.3. The van der Waals surface area contributed by atoms with Crippen molar-refractivity contribution in [2.24, 2.45) is 12.8 Å². The SMILES string of the molecule is Cc1nc(-c2c(C)c(C)nn(C)c2=O)sc1C(=O)NCCN.Cl.Cl. The smallest absolute Gasteiger partial charge is 0.277 e. The minimum Gasteiger partial charge on any atom is -0.350 e. The van der Waals surface area contributed by atoms with Gasteiger partial charge in [-0.25, -0.2) is 9.67 Å². The molecule has 0 atom stereocenters. The monoisotopic (exact) mass is 393 g/mol. The van der Waals surface area contributed by atoms with E-state index in [1.165, 1.54) is 16.0 Å². The first kappa shape index (κ1) is 22.5. The molecule has 0 aliphatic rings. The molecule has 0 saturated heterocycles. The average molecular weight is 394 g/mol. The Balaban J connectivity index is 0.00000264. The van der Waals surface area contributed by atoms with Crippen molar-refractivity contribution in [3.8, 4) is 10.6 Å². The van der Waals surface area contributed by atoms with Gasteiger partial charge in [0.2, 0.25) is 0 Å². The summed E-state index contributed by atoms with van der Waals surface area (Å²) in [5, 5.41) is 7.41. The van der Waals surface area contributed by atoms with Crippen molar-refractivity contribution < 1.29 is 4.79 Å². The van der Waals surface area contributed by atoms with Crippen LogP contribution in [0.2, 0.25) is 0 Å². The highest BCUT2D eigenvalue weighted by Gasteiger charge is 2.20. The number of aromatic nitrogens is 3. The maximum atomic E-state index is 12.4. The third-order valence-electron chi connectivity index (χ3n) is 3.37. The van der Waals surface area contributed by atoms with Gasteiger partial charge in [0, 0.05) is 20.1 Å². The molecular weight excluding hydrogens is 373 g/mol. The normalized spacial score (nSPS) is 9.88. The van der Waals surface area contributed by atoms with Crippen molar-refractivity contribution >= 4 is 42.1 Å². The molecule has 2 heterocycles. The lowest BCUT2D eigenvalue weighted by atomic mass is 10.1. The van der Waals surface area contributed by atoms with Gasteiger partial charge in [0.25, 0.3) is 11.5 Å². The lowest BCUT2D eigenvalue weighted by molar-refractivity contribution is 0.0958. The number of nitrogens with two attached hydrogens (primary N) is 1. The van der Waals surface area contributed by atoms with Crippen LogP contribution >= 0.6 is 36.2 Å². The molecule has 0 spiro atoms. The van der Waals surface area contributed by atoms with Crippen LogP contribution in [-0.2, 0) is 7.05 Å². The number of amides is 1. The summed E-state index contributed by atoms with van der Waals surface area (Å²) in [6.45, 7) is 6.21. The Morgan fingerprint density at radius 3 is 2.46 bits per heavy atom. The van der Waals surface area contributed by atoms with Gasteiger partial charge in [-0.3, -0.25) is 9.59 Å². The van der Waals surface area contributed by atoms with E-state index in [4.69, 9.17) is 5.73 Å². The molecule has 134 valence electrons. The number of aryl methyl sites for hydroxylation is 3. The maximum Gasteiger partial charge on any atom is 0.277 e. The van der Waals surface area contributed by atoms with Gasteiger partial charge in [0.1, 0.15) is 9.88 Å². The Hall–Kier alpha value is -1.48. The zero-order valence-electron chi connectivity index (χ0n) is 13.9. The Kier molecular flexibility index (Phi) is 8.56. The first-order chi connectivity index (χ1) is 10.4. The van der Waals surface area contributed by atoms with E-state index in [9.17, 15) is 9.59 Å². The van der Waals surface area contributed by atoms with Gasteiger partial charge >= 0.3 is 0 Å². The molecule has 3 N–H and O–H groups in total. The molecule has 0 bridgehead atoms. The molecule has 2 aromatic rings. The van der Waals surface area contributed by atoms with Gasteiger partial charge in [-0.1, -0.05) is 0 Å². The number of nitrogens with one attached hydrogen (secondary N) is 1. The van der Waals surface area contributed by atoms with E-state index >= 15 is 0 Å². The van der Waals surface area contributed by atoms with Crippen LogP contribution in [0.25, 0.3) is 10.6 Å². The number of nitrogens with zero attached hydrogens (tertiary/aromatic N) is 3. The number of carbonyl (C=O) groups is 1. The van der Waals surface area contributed by atoms with Gasteiger partial charge in [-0.2, -0.15) is 5.10 Å². The lowest BCUT2D eigenvalue weighted by Gasteiger charge is -2.07. The zero-order valence-corrected chi connectivity index (χ0v) is 16.3. The molecule has 24 heavy (non-hydrogen) atoms. The molecule has 1 amide bonds. The third kappa shape index (κ3) is 4.32. The summed E-state index contributed by atoms with van der Waals surface area (Å²) in [6.07, 6.45) is 0. The molecular formula is C14H21Cl2N5O2S. The molecule has 0 aliphatic heterocycles. The predicted molar refractivity (Wildman–Crippen MR) is 101 cm³/mol. The van der Waals surface area contributed by atoms with Crippen LogP contribution in [0.3, 0.4) is 0 Å². The topological polar surface area (TPSA) is 103 Å². The third-order valence-corrected chi connectivity index (χ3v) is 4.55. The second-order valence-electron chi connectivity index (χ2n) is 4.99. The van der Waals surface area contributed by atoms with Gasteiger partial charge in [-0.15, -0.1) is 36.2 Å². The quantitative estimate of drug-likeness (QED) is 0.815. The fourth-order valence-corrected chi connectivity index (χ4v) is 3.16. The predicted octanol–water partition coefficient (Wildman–Crippen LogP) is 1.36. The summed E-state index contributed by atoms with van der Waals surface area (Å²) < 4.78 is 1.29. The van der Waals surface area contributed by atoms with Gasteiger partial charge in [0.15, 0.2) is 0 Å². The number of carbonyl (C=O) groups excluding carboxylic acids is 1. The van der Waals surface area contributed by atoms with E-state index < -0.39 is 0 Å². The maximum absolute atomic E-state index is 12.4. The van der Waals surface area contributed by atoms with Crippen LogP contribution in [0.1, 0.15) is 26.6 Å². The highest BCUT2D eigenvalue weighted by molar-refractivity contribution is 7.17. The fraction of sp³-hybridized carbons (Fsp3) is 0.429. The van der Waals surface area contributed by atoms with Crippen LogP contribution in [0, 0.1) is 20.8 Å². The lowest BCUT2D eigenvalue weighted by Crippen LogP contribution is -2.28. The minimum atomic E-state index is -0.217. The van der Waals surface area contributed by atoms with Crippen LogP contribution in [0.4, 0.5) is 0 Å². The number of thiazole rings is 1. The highest BCUT2D eigenvalue weighted by atomic mass is 35.5. The molecule has 0 unspecified atom stereocenters. The molecule has 7 nitrogen and oxygen atoms in total. The standard InChI is InChI=1S/C14H19N5O2S.2ClH/c1-7-8(2)18-19(4)14(21)10(7)13-17-9(3)11(22-13)12(20)16-6-5-15;;/h5-6,15H2,1-4H3,(H,16,20);2*1H. The number of rotatable bonds is 4. The molecule has 10 heteroatoms. The van der Waals surface area contributed by atoms with Crippen molar-refractivity contribution in [1.82, 2.24) is 20.1 Å². The zero-order chi connectivity index (χ0) is 16.4. The number of hydrogen-bond donors (Lipinski definition) is 2. The summed E-state index contributed by atoms with van der Waals surface area (Å²) in [6, 6.07) is 0. The Bertz CT molecular complexity index is 788. The van der Waals surface area contributed by atoms with Crippen LogP contribution in [0.5, 0.6) is 0 Å². The Morgan fingerprint density at radius 1 is 1.25 bits per heavy atom. The molecule has 0 saturated carbocycles. The second-order valence-corrected chi connectivity index (χ2v) is 5.99. The van der Waals surface area contributed by atoms with Crippen molar-refractivity contribution in [1.29, 1.82) is 0 Å². The fourth-order valence-electron chi connectivity index (χ4n) is 2.08. The summed E-state index contributed by atoms with van der Waals surface area (Å²) in [5.74, 6) is -0.216. The first-order valence-corrected chi connectivity index (χ1v) is 7.69. The minimum absolute atomic E-state index is 0. The van der Waals surface area contributed by atoms with Crippen molar-refractivity contribution in [2.75, 3.05) is 13.1 Å². The van der Waals surface area contributed by atoms with Crippen molar-refractivity contribution in [3.63, 3.8) is 0 Å². The molecule has 0 aliphatic carbocycles. The van der Waals surface area contributed by atoms with Crippen LogP contribution in [-0.4, -0.2) is 33.8 Å². The summed E-state index contributed by atoms with van der Waals surface area (Å²) >= 11 is 1.21.